The number of rotatable bonds is 4. The van der Waals surface area contributed by atoms with Gasteiger partial charge < -0.3 is 10.5 Å². The van der Waals surface area contributed by atoms with Crippen LogP contribution in [0.3, 0.4) is 0 Å². The fourth-order valence-corrected chi connectivity index (χ4v) is 5.50. The van der Waals surface area contributed by atoms with Crippen molar-refractivity contribution >= 4 is 28.1 Å². The third kappa shape index (κ3) is 3.59. The molecule has 0 spiro atoms. The third-order valence-electron chi connectivity index (χ3n) is 5.10. The van der Waals surface area contributed by atoms with Crippen molar-refractivity contribution in [3.63, 3.8) is 0 Å². The first-order valence-electron chi connectivity index (χ1n) is 7.92. The highest BCUT2D eigenvalue weighted by molar-refractivity contribution is 7.89. The highest BCUT2D eigenvalue weighted by Crippen LogP contribution is 2.39. The third-order valence-corrected chi connectivity index (χ3v) is 6.95. The highest BCUT2D eigenvalue weighted by atomic mass is 35.5. The van der Waals surface area contributed by atoms with Gasteiger partial charge in [0.1, 0.15) is 10.6 Å². The molecule has 25 heavy (non-hydrogen) atoms. The first-order chi connectivity index (χ1) is 11.3. The van der Waals surface area contributed by atoms with E-state index >= 15 is 0 Å². The van der Waals surface area contributed by atoms with Crippen molar-refractivity contribution in [1.82, 2.24) is 4.31 Å². The van der Waals surface area contributed by atoms with Crippen LogP contribution in [0.15, 0.2) is 23.1 Å². The molecular formula is C15H22ClN3O5S. The number of fused-ring (bicyclic) bond motifs is 1. The van der Waals surface area contributed by atoms with E-state index in [0.29, 0.717) is 13.1 Å². The molecule has 8 nitrogen and oxygen atoms in total. The number of benzene rings is 1. The van der Waals surface area contributed by atoms with Crippen LogP contribution in [0.25, 0.3) is 0 Å². The molecule has 1 aliphatic heterocycles. The average molecular weight is 392 g/mol. The van der Waals surface area contributed by atoms with Crippen LogP contribution in [0.1, 0.15) is 19.3 Å². The minimum absolute atomic E-state index is 0. The zero-order chi connectivity index (χ0) is 17.5. The number of non-ortho nitro benzene ring substituents is 1. The average Bonchev–Trinajstić information content (AvgIpc) is 3.00. The number of hydrogen-bond donors (Lipinski definition) is 1. The zero-order valence-corrected chi connectivity index (χ0v) is 15.5. The zero-order valence-electron chi connectivity index (χ0n) is 13.8. The lowest BCUT2D eigenvalue weighted by atomic mass is 9.78. The molecule has 1 aromatic rings. The molecule has 3 rings (SSSR count). The van der Waals surface area contributed by atoms with E-state index < -0.39 is 14.9 Å². The lowest BCUT2D eigenvalue weighted by Crippen LogP contribution is -2.38. The number of ether oxygens (including phenoxy) is 1. The van der Waals surface area contributed by atoms with Crippen LogP contribution in [0.4, 0.5) is 5.69 Å². The number of halogens is 1. The number of nitrogens with two attached hydrogens (primary N) is 1. The molecule has 2 aliphatic rings. The highest BCUT2D eigenvalue weighted by Gasteiger charge is 2.44. The van der Waals surface area contributed by atoms with Crippen LogP contribution in [-0.4, -0.2) is 43.9 Å². The van der Waals surface area contributed by atoms with Gasteiger partial charge in [-0.3, -0.25) is 10.1 Å². The van der Waals surface area contributed by atoms with Crippen molar-refractivity contribution in [2.24, 2.45) is 17.6 Å². The molecule has 1 saturated carbocycles. The summed E-state index contributed by atoms with van der Waals surface area (Å²) in [5, 5.41) is 11.0. The second-order valence-electron chi connectivity index (χ2n) is 6.43. The van der Waals surface area contributed by atoms with E-state index in [9.17, 15) is 18.5 Å². The molecule has 2 fully saturated rings. The SMILES string of the molecule is COc1ccc([N+](=O)[O-])cc1S(=O)(=O)N1CC2CCCC(N)C2C1.Cl. The van der Waals surface area contributed by atoms with Gasteiger partial charge >= 0.3 is 0 Å². The van der Waals surface area contributed by atoms with Gasteiger partial charge in [-0.2, -0.15) is 4.31 Å². The van der Waals surface area contributed by atoms with E-state index in [0.717, 1.165) is 25.3 Å². The molecule has 3 unspecified atom stereocenters. The molecule has 10 heteroatoms. The van der Waals surface area contributed by atoms with Gasteiger partial charge in [-0.1, -0.05) is 6.42 Å². The first-order valence-corrected chi connectivity index (χ1v) is 9.36. The second kappa shape index (κ2) is 7.45. The number of methoxy groups -OCH3 is 1. The predicted molar refractivity (Wildman–Crippen MR) is 94.5 cm³/mol. The van der Waals surface area contributed by atoms with Crippen molar-refractivity contribution in [3.05, 3.63) is 28.3 Å². The summed E-state index contributed by atoms with van der Waals surface area (Å²) in [6.45, 7) is 0.770. The fraction of sp³-hybridized carbons (Fsp3) is 0.600. The minimum atomic E-state index is -3.87. The standard InChI is InChI=1S/C15H21N3O5S.ClH/c1-23-14-6-5-11(18(19)20)7-15(14)24(21,22)17-8-10-3-2-4-13(16)12(10)9-17;/h5-7,10,12-13H,2-4,8-9,16H2,1H3;1H. The number of nitro groups is 1. The second-order valence-corrected chi connectivity index (χ2v) is 8.34. The van der Waals surface area contributed by atoms with Gasteiger partial charge in [-0.05, 0) is 30.7 Å². The smallest absolute Gasteiger partial charge is 0.271 e. The predicted octanol–water partition coefficient (Wildman–Crippen LogP) is 1.77. The van der Waals surface area contributed by atoms with E-state index in [4.69, 9.17) is 10.5 Å². The molecule has 0 radical (unpaired) electrons. The maximum atomic E-state index is 13.0. The van der Waals surface area contributed by atoms with Crippen molar-refractivity contribution in [1.29, 1.82) is 0 Å². The first kappa shape index (κ1) is 19.9. The summed E-state index contributed by atoms with van der Waals surface area (Å²) < 4.78 is 32.6. The van der Waals surface area contributed by atoms with Gasteiger partial charge in [0, 0.05) is 31.3 Å². The maximum absolute atomic E-state index is 13.0. The maximum Gasteiger partial charge on any atom is 0.271 e. The topological polar surface area (TPSA) is 116 Å². The number of sulfonamides is 1. The van der Waals surface area contributed by atoms with Gasteiger partial charge in [-0.25, -0.2) is 8.42 Å². The number of nitro benzene ring substituents is 1. The van der Waals surface area contributed by atoms with Gasteiger partial charge in [-0.15, -0.1) is 12.4 Å². The van der Waals surface area contributed by atoms with Crippen molar-refractivity contribution in [2.45, 2.75) is 30.2 Å². The van der Waals surface area contributed by atoms with Crippen LogP contribution < -0.4 is 10.5 Å². The van der Waals surface area contributed by atoms with Crippen molar-refractivity contribution in [3.8, 4) is 5.75 Å². The Bertz CT molecular complexity index is 758. The molecule has 0 aromatic heterocycles. The molecular weight excluding hydrogens is 370 g/mol. The number of hydrogen-bond acceptors (Lipinski definition) is 6. The monoisotopic (exact) mass is 391 g/mol. The lowest BCUT2D eigenvalue weighted by molar-refractivity contribution is -0.385. The van der Waals surface area contributed by atoms with E-state index in [1.165, 1.54) is 23.5 Å². The van der Waals surface area contributed by atoms with Crippen LogP contribution in [-0.2, 0) is 10.0 Å². The summed E-state index contributed by atoms with van der Waals surface area (Å²) in [5.41, 5.74) is 5.87. The molecule has 1 heterocycles. The lowest BCUT2D eigenvalue weighted by Gasteiger charge is -2.29. The molecule has 140 valence electrons. The largest absolute Gasteiger partial charge is 0.495 e. The Balaban J connectivity index is 0.00000225. The molecule has 3 atom stereocenters. The van der Waals surface area contributed by atoms with E-state index in [2.05, 4.69) is 0 Å². The van der Waals surface area contributed by atoms with E-state index in [1.807, 2.05) is 0 Å². The van der Waals surface area contributed by atoms with Crippen LogP contribution in [0.2, 0.25) is 0 Å². The fourth-order valence-electron chi connectivity index (χ4n) is 3.79. The van der Waals surface area contributed by atoms with Crippen LogP contribution in [0, 0.1) is 22.0 Å². The summed E-state index contributed by atoms with van der Waals surface area (Å²) in [4.78, 5) is 10.2. The quantitative estimate of drug-likeness (QED) is 0.617. The van der Waals surface area contributed by atoms with Crippen LogP contribution in [0.5, 0.6) is 5.75 Å². The molecule has 1 saturated heterocycles. The molecule has 2 N–H and O–H groups in total. The summed E-state index contributed by atoms with van der Waals surface area (Å²) in [7, 11) is -2.52. The minimum Gasteiger partial charge on any atom is -0.495 e. The molecule has 1 aromatic carbocycles. The Morgan fingerprint density at radius 1 is 1.32 bits per heavy atom. The van der Waals surface area contributed by atoms with E-state index in [-0.39, 0.29) is 46.6 Å². The van der Waals surface area contributed by atoms with Crippen molar-refractivity contribution < 1.29 is 18.1 Å². The van der Waals surface area contributed by atoms with Crippen LogP contribution >= 0.6 is 12.4 Å². The molecule has 0 bridgehead atoms. The number of nitrogens with zero attached hydrogens (tertiary/aromatic N) is 2. The molecule has 1 aliphatic carbocycles. The summed E-state index contributed by atoms with van der Waals surface area (Å²) >= 11 is 0. The normalized spacial score (nSPS) is 26.6. The Morgan fingerprint density at radius 3 is 2.64 bits per heavy atom. The summed E-state index contributed by atoms with van der Waals surface area (Å²) in [5.74, 6) is 0.520. The van der Waals surface area contributed by atoms with Gasteiger partial charge in [0.15, 0.2) is 0 Å². The Labute approximate surface area is 152 Å². The summed E-state index contributed by atoms with van der Waals surface area (Å²) in [6.07, 6.45) is 2.89. The summed E-state index contributed by atoms with van der Waals surface area (Å²) in [6, 6.07) is 3.63. The van der Waals surface area contributed by atoms with Gasteiger partial charge in [0.05, 0.1) is 12.0 Å². The van der Waals surface area contributed by atoms with Crippen molar-refractivity contribution in [2.75, 3.05) is 20.2 Å². The van der Waals surface area contributed by atoms with Gasteiger partial charge in [0.25, 0.3) is 5.69 Å². The Hall–Kier alpha value is -1.42. The van der Waals surface area contributed by atoms with E-state index in [1.54, 1.807) is 0 Å². The molecule has 0 amide bonds. The Morgan fingerprint density at radius 2 is 2.04 bits per heavy atom. The Kier molecular flexibility index (Phi) is 5.93. The van der Waals surface area contributed by atoms with Gasteiger partial charge in [0.2, 0.25) is 10.0 Å².